The predicted octanol–water partition coefficient (Wildman–Crippen LogP) is 3.89. The highest BCUT2D eigenvalue weighted by Gasteiger charge is 2.03. The number of hydrogen-bond donors (Lipinski definition) is 1. The second kappa shape index (κ2) is 5.51. The van der Waals surface area contributed by atoms with Crippen molar-refractivity contribution < 1.29 is 4.74 Å². The maximum absolute atomic E-state index is 5.96. The molecule has 0 aliphatic carbocycles. The van der Waals surface area contributed by atoms with E-state index in [1.165, 1.54) is 0 Å². The minimum atomic E-state index is 0.112. The lowest BCUT2D eigenvalue weighted by Gasteiger charge is -2.10. The number of nitrogens with two attached hydrogens (primary N) is 1. The van der Waals surface area contributed by atoms with E-state index in [-0.39, 0.29) is 6.04 Å². The van der Waals surface area contributed by atoms with Gasteiger partial charge in [0.15, 0.2) is 0 Å². The molecule has 2 aromatic carbocycles. The van der Waals surface area contributed by atoms with Crippen molar-refractivity contribution >= 4 is 0 Å². The maximum Gasteiger partial charge on any atom is 0.127 e. The molecule has 0 saturated carbocycles. The standard InChI is InChI=1S/C15H17NO/c1-2-15(16)12-8-10-14(11-9-12)17-13-6-4-3-5-7-13/h3-11,15H,2,16H2,1H3/t15-/m1/s1. The molecule has 0 heterocycles. The van der Waals surface area contributed by atoms with Crippen LogP contribution in [0.2, 0.25) is 0 Å². The van der Waals surface area contributed by atoms with Crippen LogP contribution in [0.15, 0.2) is 54.6 Å². The third-order valence-corrected chi connectivity index (χ3v) is 2.73. The van der Waals surface area contributed by atoms with Gasteiger partial charge in [-0.1, -0.05) is 37.3 Å². The van der Waals surface area contributed by atoms with E-state index in [0.717, 1.165) is 23.5 Å². The minimum absolute atomic E-state index is 0.112. The van der Waals surface area contributed by atoms with Crippen LogP contribution in [-0.2, 0) is 0 Å². The Bertz CT molecular complexity index is 450. The number of ether oxygens (including phenoxy) is 1. The van der Waals surface area contributed by atoms with Crippen molar-refractivity contribution in [2.45, 2.75) is 19.4 Å². The molecule has 2 aromatic rings. The van der Waals surface area contributed by atoms with Crippen molar-refractivity contribution in [1.29, 1.82) is 0 Å². The number of benzene rings is 2. The quantitative estimate of drug-likeness (QED) is 0.860. The first kappa shape index (κ1) is 11.7. The molecule has 88 valence electrons. The highest BCUT2D eigenvalue weighted by molar-refractivity contribution is 5.33. The van der Waals surface area contributed by atoms with Crippen molar-refractivity contribution in [3.63, 3.8) is 0 Å². The topological polar surface area (TPSA) is 35.2 Å². The fourth-order valence-corrected chi connectivity index (χ4v) is 1.64. The van der Waals surface area contributed by atoms with E-state index in [9.17, 15) is 0 Å². The summed E-state index contributed by atoms with van der Waals surface area (Å²) in [6.45, 7) is 2.08. The Morgan fingerprint density at radius 2 is 1.53 bits per heavy atom. The number of para-hydroxylation sites is 1. The van der Waals surface area contributed by atoms with Gasteiger partial charge in [0.25, 0.3) is 0 Å². The molecule has 0 spiro atoms. The third-order valence-electron chi connectivity index (χ3n) is 2.73. The Kier molecular flexibility index (Phi) is 3.78. The SMILES string of the molecule is CC[C@@H](N)c1ccc(Oc2ccccc2)cc1. The summed E-state index contributed by atoms with van der Waals surface area (Å²) in [5.41, 5.74) is 7.10. The summed E-state index contributed by atoms with van der Waals surface area (Å²) >= 11 is 0. The van der Waals surface area contributed by atoms with Gasteiger partial charge in [0.05, 0.1) is 0 Å². The molecule has 0 aliphatic rings. The zero-order chi connectivity index (χ0) is 12.1. The van der Waals surface area contributed by atoms with Crippen LogP contribution >= 0.6 is 0 Å². The Morgan fingerprint density at radius 1 is 0.941 bits per heavy atom. The first-order valence-corrected chi connectivity index (χ1v) is 5.88. The lowest BCUT2D eigenvalue weighted by molar-refractivity contribution is 0.482. The fourth-order valence-electron chi connectivity index (χ4n) is 1.64. The minimum Gasteiger partial charge on any atom is -0.457 e. The molecule has 0 saturated heterocycles. The second-order valence-corrected chi connectivity index (χ2v) is 4.00. The smallest absolute Gasteiger partial charge is 0.127 e. The Hall–Kier alpha value is -1.80. The van der Waals surface area contributed by atoms with Gasteiger partial charge in [-0.05, 0) is 36.2 Å². The van der Waals surface area contributed by atoms with Gasteiger partial charge >= 0.3 is 0 Å². The summed E-state index contributed by atoms with van der Waals surface area (Å²) in [5.74, 6) is 1.68. The van der Waals surface area contributed by atoms with Gasteiger partial charge in [-0.25, -0.2) is 0 Å². The van der Waals surface area contributed by atoms with Gasteiger partial charge in [-0.2, -0.15) is 0 Å². The van der Waals surface area contributed by atoms with E-state index in [1.54, 1.807) is 0 Å². The van der Waals surface area contributed by atoms with E-state index < -0.39 is 0 Å². The molecule has 2 nitrogen and oxygen atoms in total. The van der Waals surface area contributed by atoms with E-state index >= 15 is 0 Å². The van der Waals surface area contributed by atoms with Gasteiger partial charge in [-0.15, -0.1) is 0 Å². The molecule has 17 heavy (non-hydrogen) atoms. The van der Waals surface area contributed by atoms with Gasteiger partial charge in [0.2, 0.25) is 0 Å². The lowest BCUT2D eigenvalue weighted by Crippen LogP contribution is -2.07. The second-order valence-electron chi connectivity index (χ2n) is 4.00. The molecule has 0 aliphatic heterocycles. The van der Waals surface area contributed by atoms with Gasteiger partial charge in [0, 0.05) is 6.04 Å². The van der Waals surface area contributed by atoms with Crippen molar-refractivity contribution in [1.82, 2.24) is 0 Å². The molecule has 0 amide bonds. The molecule has 2 N–H and O–H groups in total. The lowest BCUT2D eigenvalue weighted by atomic mass is 10.1. The van der Waals surface area contributed by atoms with E-state index in [2.05, 4.69) is 6.92 Å². The summed E-state index contributed by atoms with van der Waals surface area (Å²) in [6.07, 6.45) is 0.943. The Balaban J connectivity index is 2.08. The molecule has 0 radical (unpaired) electrons. The van der Waals surface area contributed by atoms with Crippen molar-refractivity contribution in [3.05, 3.63) is 60.2 Å². The van der Waals surface area contributed by atoms with E-state index in [4.69, 9.17) is 10.5 Å². The highest BCUT2D eigenvalue weighted by atomic mass is 16.5. The molecule has 0 unspecified atom stereocenters. The molecule has 0 fully saturated rings. The van der Waals surface area contributed by atoms with Crippen molar-refractivity contribution in [2.24, 2.45) is 5.73 Å². The Labute approximate surface area is 102 Å². The van der Waals surface area contributed by atoms with Crippen LogP contribution in [0.3, 0.4) is 0 Å². The van der Waals surface area contributed by atoms with Gasteiger partial charge < -0.3 is 10.5 Å². The molecule has 0 bridgehead atoms. The van der Waals surface area contributed by atoms with Crippen LogP contribution in [0.1, 0.15) is 24.9 Å². The van der Waals surface area contributed by atoms with Crippen LogP contribution in [-0.4, -0.2) is 0 Å². The third kappa shape index (κ3) is 3.08. The largest absolute Gasteiger partial charge is 0.457 e. The number of rotatable bonds is 4. The predicted molar refractivity (Wildman–Crippen MR) is 70.2 cm³/mol. The molecule has 2 rings (SSSR count). The van der Waals surface area contributed by atoms with Crippen LogP contribution < -0.4 is 10.5 Å². The zero-order valence-corrected chi connectivity index (χ0v) is 9.97. The first-order valence-electron chi connectivity index (χ1n) is 5.88. The molecule has 2 heteroatoms. The molecular formula is C15H17NO. The molecular weight excluding hydrogens is 210 g/mol. The Morgan fingerprint density at radius 3 is 2.12 bits per heavy atom. The highest BCUT2D eigenvalue weighted by Crippen LogP contribution is 2.23. The summed E-state index contributed by atoms with van der Waals surface area (Å²) < 4.78 is 5.71. The zero-order valence-electron chi connectivity index (χ0n) is 9.97. The van der Waals surface area contributed by atoms with Crippen LogP contribution in [0, 0.1) is 0 Å². The van der Waals surface area contributed by atoms with Gasteiger partial charge in [0.1, 0.15) is 11.5 Å². The summed E-state index contributed by atoms with van der Waals surface area (Å²) in [6, 6.07) is 17.8. The average Bonchev–Trinajstić information content (AvgIpc) is 2.40. The van der Waals surface area contributed by atoms with Crippen LogP contribution in [0.25, 0.3) is 0 Å². The molecule has 0 aromatic heterocycles. The van der Waals surface area contributed by atoms with Crippen molar-refractivity contribution in [2.75, 3.05) is 0 Å². The molecule has 1 atom stereocenters. The fraction of sp³-hybridized carbons (Fsp3) is 0.200. The summed E-state index contributed by atoms with van der Waals surface area (Å²) in [7, 11) is 0. The summed E-state index contributed by atoms with van der Waals surface area (Å²) in [4.78, 5) is 0. The van der Waals surface area contributed by atoms with E-state index in [0.29, 0.717) is 0 Å². The monoisotopic (exact) mass is 227 g/mol. The maximum atomic E-state index is 5.96. The first-order chi connectivity index (χ1) is 8.29. The van der Waals surface area contributed by atoms with Gasteiger partial charge in [-0.3, -0.25) is 0 Å². The van der Waals surface area contributed by atoms with E-state index in [1.807, 2.05) is 54.6 Å². The van der Waals surface area contributed by atoms with Crippen LogP contribution in [0.4, 0.5) is 0 Å². The van der Waals surface area contributed by atoms with Crippen LogP contribution in [0.5, 0.6) is 11.5 Å². The summed E-state index contributed by atoms with van der Waals surface area (Å²) in [5, 5.41) is 0. The average molecular weight is 227 g/mol. The normalized spacial score (nSPS) is 12.1. The van der Waals surface area contributed by atoms with Crippen molar-refractivity contribution in [3.8, 4) is 11.5 Å². The number of hydrogen-bond acceptors (Lipinski definition) is 2.